The Balaban J connectivity index is 2.42. The number of hydrogen-bond donors (Lipinski definition) is 1. The first-order valence-corrected chi connectivity index (χ1v) is 4.80. The summed E-state index contributed by atoms with van der Waals surface area (Å²) in [7, 11) is 4.19. The molecule has 2 nitrogen and oxygen atoms in total. The van der Waals surface area contributed by atoms with E-state index in [1.54, 1.807) is 0 Å². The van der Waals surface area contributed by atoms with Crippen LogP contribution in [-0.4, -0.2) is 20.6 Å². The summed E-state index contributed by atoms with van der Waals surface area (Å²) >= 11 is 0. The quantitative estimate of drug-likeness (QED) is 0.701. The molecule has 0 aromatic heterocycles. The molecule has 1 N–H and O–H groups in total. The van der Waals surface area contributed by atoms with Crippen molar-refractivity contribution in [2.75, 3.05) is 25.5 Å². The smallest absolute Gasteiger partial charge is 0.0412 e. The molecule has 1 aliphatic rings. The molecular weight excluding hydrogens is 160 g/mol. The van der Waals surface area contributed by atoms with Gasteiger partial charge in [-0.3, -0.25) is 0 Å². The van der Waals surface area contributed by atoms with Crippen molar-refractivity contribution in [1.29, 1.82) is 0 Å². The largest absolute Gasteiger partial charge is 0.374 e. The highest BCUT2D eigenvalue weighted by molar-refractivity contribution is 5.56. The highest BCUT2D eigenvalue weighted by atomic mass is 15.1. The van der Waals surface area contributed by atoms with E-state index in [9.17, 15) is 0 Å². The van der Waals surface area contributed by atoms with Crippen LogP contribution in [0.4, 0.5) is 5.69 Å². The average molecular weight is 176 g/mol. The molecule has 0 saturated heterocycles. The molecule has 1 aromatic rings. The topological polar surface area (TPSA) is 15.3 Å². The van der Waals surface area contributed by atoms with E-state index in [1.807, 2.05) is 7.05 Å². The van der Waals surface area contributed by atoms with Gasteiger partial charge in [-0.15, -0.1) is 0 Å². The van der Waals surface area contributed by atoms with E-state index in [0.717, 1.165) is 6.54 Å². The molecule has 1 aromatic carbocycles. The predicted molar refractivity (Wildman–Crippen MR) is 56.1 cm³/mol. The number of benzene rings is 1. The van der Waals surface area contributed by atoms with Gasteiger partial charge in [0.2, 0.25) is 0 Å². The molecule has 2 heteroatoms. The Morgan fingerprint density at radius 1 is 1.38 bits per heavy atom. The SMILES string of the molecule is CNC1CCN(C)c2ccccc21. The Labute approximate surface area is 79.6 Å². The van der Waals surface area contributed by atoms with Gasteiger partial charge in [-0.1, -0.05) is 18.2 Å². The second kappa shape index (κ2) is 3.38. The average Bonchev–Trinajstić information content (AvgIpc) is 2.19. The van der Waals surface area contributed by atoms with Crippen molar-refractivity contribution in [3.05, 3.63) is 29.8 Å². The standard InChI is InChI=1S/C11H16N2/c1-12-10-7-8-13(2)11-6-4-3-5-9(10)11/h3-6,10,12H,7-8H2,1-2H3. The van der Waals surface area contributed by atoms with Crippen LogP contribution in [0.25, 0.3) is 0 Å². The molecule has 1 atom stereocenters. The Morgan fingerprint density at radius 3 is 2.92 bits per heavy atom. The molecule has 2 rings (SSSR count). The molecule has 70 valence electrons. The molecule has 13 heavy (non-hydrogen) atoms. The van der Waals surface area contributed by atoms with Crippen molar-refractivity contribution in [2.45, 2.75) is 12.5 Å². The first kappa shape index (κ1) is 8.57. The molecule has 0 amide bonds. The van der Waals surface area contributed by atoms with Gasteiger partial charge in [0.15, 0.2) is 0 Å². The van der Waals surface area contributed by atoms with Crippen LogP contribution < -0.4 is 10.2 Å². The van der Waals surface area contributed by atoms with Gasteiger partial charge < -0.3 is 10.2 Å². The molecule has 0 saturated carbocycles. The normalized spacial score (nSPS) is 21.4. The number of rotatable bonds is 1. The van der Waals surface area contributed by atoms with E-state index in [-0.39, 0.29) is 0 Å². The lowest BCUT2D eigenvalue weighted by Crippen LogP contribution is -2.31. The van der Waals surface area contributed by atoms with Crippen molar-refractivity contribution in [3.8, 4) is 0 Å². The molecule has 0 fully saturated rings. The third-order valence-electron chi connectivity index (χ3n) is 2.83. The van der Waals surface area contributed by atoms with E-state index >= 15 is 0 Å². The van der Waals surface area contributed by atoms with Gasteiger partial charge in [0, 0.05) is 25.3 Å². The minimum Gasteiger partial charge on any atom is -0.374 e. The highest BCUT2D eigenvalue weighted by Gasteiger charge is 2.20. The number of hydrogen-bond acceptors (Lipinski definition) is 2. The first-order chi connectivity index (χ1) is 6.33. The minimum atomic E-state index is 0.535. The molecular formula is C11H16N2. The van der Waals surface area contributed by atoms with Crippen LogP contribution in [0.2, 0.25) is 0 Å². The van der Waals surface area contributed by atoms with Gasteiger partial charge in [-0.2, -0.15) is 0 Å². The van der Waals surface area contributed by atoms with Crippen molar-refractivity contribution >= 4 is 5.69 Å². The van der Waals surface area contributed by atoms with Gasteiger partial charge in [-0.05, 0) is 25.1 Å². The Hall–Kier alpha value is -1.02. The summed E-state index contributed by atoms with van der Waals surface area (Å²) < 4.78 is 0. The number of nitrogens with one attached hydrogen (secondary N) is 1. The fourth-order valence-electron chi connectivity index (χ4n) is 2.03. The molecule has 0 aliphatic carbocycles. The van der Waals surface area contributed by atoms with E-state index in [1.165, 1.54) is 17.7 Å². The number of para-hydroxylation sites is 1. The van der Waals surface area contributed by atoms with E-state index < -0.39 is 0 Å². The lowest BCUT2D eigenvalue weighted by Gasteiger charge is -2.32. The second-order valence-electron chi connectivity index (χ2n) is 3.61. The van der Waals surface area contributed by atoms with E-state index in [0.29, 0.717) is 6.04 Å². The monoisotopic (exact) mass is 176 g/mol. The third kappa shape index (κ3) is 1.42. The van der Waals surface area contributed by atoms with Crippen molar-refractivity contribution in [1.82, 2.24) is 5.32 Å². The summed E-state index contributed by atoms with van der Waals surface area (Å²) in [5.41, 5.74) is 2.80. The fraction of sp³-hybridized carbons (Fsp3) is 0.455. The van der Waals surface area contributed by atoms with Crippen LogP contribution in [-0.2, 0) is 0 Å². The van der Waals surface area contributed by atoms with Crippen LogP contribution >= 0.6 is 0 Å². The summed E-state index contributed by atoms with van der Waals surface area (Å²) in [5, 5.41) is 3.35. The van der Waals surface area contributed by atoms with Crippen molar-refractivity contribution < 1.29 is 0 Å². The molecule has 0 spiro atoms. The highest BCUT2D eigenvalue weighted by Crippen LogP contribution is 2.31. The fourth-order valence-corrected chi connectivity index (χ4v) is 2.03. The molecule has 1 aliphatic heterocycles. The van der Waals surface area contributed by atoms with Crippen LogP contribution in [0.5, 0.6) is 0 Å². The maximum Gasteiger partial charge on any atom is 0.0412 e. The summed E-state index contributed by atoms with van der Waals surface area (Å²) in [6, 6.07) is 9.16. The molecule has 1 heterocycles. The van der Waals surface area contributed by atoms with Crippen molar-refractivity contribution in [2.24, 2.45) is 0 Å². The Kier molecular flexibility index (Phi) is 2.23. The van der Waals surface area contributed by atoms with Crippen LogP contribution in [0, 0.1) is 0 Å². The van der Waals surface area contributed by atoms with Gasteiger partial charge in [-0.25, -0.2) is 0 Å². The molecule has 0 radical (unpaired) electrons. The lowest BCUT2D eigenvalue weighted by molar-refractivity contribution is 0.528. The lowest BCUT2D eigenvalue weighted by atomic mass is 9.97. The summed E-state index contributed by atoms with van der Waals surface area (Å²) in [5.74, 6) is 0. The zero-order valence-corrected chi connectivity index (χ0v) is 8.25. The molecule has 0 bridgehead atoms. The van der Waals surface area contributed by atoms with Crippen LogP contribution in [0.3, 0.4) is 0 Å². The predicted octanol–water partition coefficient (Wildman–Crippen LogP) is 1.79. The maximum atomic E-state index is 3.35. The minimum absolute atomic E-state index is 0.535. The van der Waals surface area contributed by atoms with Gasteiger partial charge in [0.25, 0.3) is 0 Å². The number of anilines is 1. The summed E-state index contributed by atoms with van der Waals surface area (Å²) in [4.78, 5) is 2.32. The summed E-state index contributed by atoms with van der Waals surface area (Å²) in [6.07, 6.45) is 1.20. The molecule has 1 unspecified atom stereocenters. The maximum absolute atomic E-state index is 3.35. The number of nitrogens with zero attached hydrogens (tertiary/aromatic N) is 1. The Morgan fingerprint density at radius 2 is 2.15 bits per heavy atom. The number of fused-ring (bicyclic) bond motifs is 1. The van der Waals surface area contributed by atoms with Gasteiger partial charge in [0.1, 0.15) is 0 Å². The second-order valence-corrected chi connectivity index (χ2v) is 3.61. The van der Waals surface area contributed by atoms with Crippen LogP contribution in [0.15, 0.2) is 24.3 Å². The Bertz CT molecular complexity index is 296. The third-order valence-corrected chi connectivity index (χ3v) is 2.83. The van der Waals surface area contributed by atoms with Crippen molar-refractivity contribution in [3.63, 3.8) is 0 Å². The zero-order valence-electron chi connectivity index (χ0n) is 8.25. The van der Waals surface area contributed by atoms with Gasteiger partial charge in [0.05, 0.1) is 0 Å². The zero-order chi connectivity index (χ0) is 9.26. The summed E-state index contributed by atoms with van der Waals surface area (Å²) in [6.45, 7) is 1.14. The van der Waals surface area contributed by atoms with Gasteiger partial charge >= 0.3 is 0 Å². The van der Waals surface area contributed by atoms with E-state index in [2.05, 4.69) is 41.5 Å². The first-order valence-electron chi connectivity index (χ1n) is 4.80. The van der Waals surface area contributed by atoms with Crippen LogP contribution in [0.1, 0.15) is 18.0 Å². The van der Waals surface area contributed by atoms with E-state index in [4.69, 9.17) is 0 Å².